The summed E-state index contributed by atoms with van der Waals surface area (Å²) in [5.74, 6) is 2.41. The zero-order chi connectivity index (χ0) is 44.0. The molecule has 5 nitrogen and oxygen atoms in total. The number of aromatic nitrogens is 5. The molecule has 0 saturated carbocycles. The van der Waals surface area contributed by atoms with Crippen LogP contribution in [-0.2, 0) is 10.8 Å². The number of fused-ring (bicyclic) bond motifs is 7. The summed E-state index contributed by atoms with van der Waals surface area (Å²) in [4.78, 5) is 15.7. The van der Waals surface area contributed by atoms with Crippen molar-refractivity contribution >= 4 is 43.6 Å². The van der Waals surface area contributed by atoms with Crippen LogP contribution in [0.4, 0.5) is 0 Å². The fraction of sp³-hybridized carbons (Fsp3) is 0.150. The molecule has 12 rings (SSSR count). The molecule has 1 unspecified atom stereocenters. The molecule has 0 spiro atoms. The van der Waals surface area contributed by atoms with E-state index in [0.29, 0.717) is 23.5 Å². The van der Waals surface area contributed by atoms with Crippen molar-refractivity contribution in [2.24, 2.45) is 5.92 Å². The Morgan fingerprint density at radius 3 is 1.62 bits per heavy atom. The molecule has 11 aromatic rings. The minimum absolute atomic E-state index is 0.108. The van der Waals surface area contributed by atoms with Gasteiger partial charge in [0, 0.05) is 38.4 Å². The molecule has 0 aliphatic heterocycles. The van der Waals surface area contributed by atoms with Gasteiger partial charge in [-0.2, -0.15) is 9.97 Å². The first-order valence-corrected chi connectivity index (χ1v) is 22.8. The maximum atomic E-state index is 5.33. The van der Waals surface area contributed by atoms with E-state index in [0.717, 1.165) is 60.8 Å². The molecule has 0 radical (unpaired) electrons. The molecular weight excluding hydrogens is 791 g/mol. The number of para-hydroxylation sites is 2. The Balaban J connectivity index is 1.05. The summed E-state index contributed by atoms with van der Waals surface area (Å²) < 4.78 is 4.65. The van der Waals surface area contributed by atoms with Gasteiger partial charge in [0.1, 0.15) is 0 Å². The molecule has 0 fully saturated rings. The van der Waals surface area contributed by atoms with Gasteiger partial charge in [-0.1, -0.05) is 180 Å². The standard InChI is InChI=1S/C60H49N5/c1-38-37-59(2,3)50-32-29-43(34-51(50)60(38,4)5)40-27-30-45(31-28-40)64-52-25-14-12-23-46(52)48-35-49-47-24-13-15-26-53(47)65(55(49)36-54(48)64)58-62-56(41-19-10-7-11-20-41)61-57(63-58)44-22-16-21-42(33-44)39-17-8-6-9-18-39/h6-36,38H,37H2,1-5H3. The highest BCUT2D eigenvalue weighted by Gasteiger charge is 2.42. The van der Waals surface area contributed by atoms with E-state index in [1.165, 1.54) is 39.4 Å². The molecule has 1 aliphatic rings. The van der Waals surface area contributed by atoms with Gasteiger partial charge in [-0.25, -0.2) is 4.98 Å². The molecule has 314 valence electrons. The zero-order valence-corrected chi connectivity index (χ0v) is 37.4. The molecular formula is C60H49N5. The fourth-order valence-corrected chi connectivity index (χ4v) is 10.7. The van der Waals surface area contributed by atoms with Gasteiger partial charge < -0.3 is 4.57 Å². The van der Waals surface area contributed by atoms with Crippen molar-refractivity contribution < 1.29 is 0 Å². The number of benzene rings is 8. The quantitative estimate of drug-likeness (QED) is 0.168. The largest absolute Gasteiger partial charge is 0.309 e. The van der Waals surface area contributed by atoms with Crippen LogP contribution in [0.5, 0.6) is 0 Å². The average Bonchev–Trinajstić information content (AvgIpc) is 3.85. The van der Waals surface area contributed by atoms with Gasteiger partial charge >= 0.3 is 0 Å². The second-order valence-electron chi connectivity index (χ2n) is 19.2. The monoisotopic (exact) mass is 839 g/mol. The van der Waals surface area contributed by atoms with Crippen molar-refractivity contribution in [3.8, 4) is 56.7 Å². The molecule has 5 heteroatoms. The molecule has 0 N–H and O–H groups in total. The first-order chi connectivity index (χ1) is 31.6. The van der Waals surface area contributed by atoms with Gasteiger partial charge in [0.05, 0.1) is 22.1 Å². The number of nitrogens with zero attached hydrogens (tertiary/aromatic N) is 5. The van der Waals surface area contributed by atoms with Gasteiger partial charge in [-0.05, 0) is 99.0 Å². The lowest BCUT2D eigenvalue weighted by atomic mass is 9.58. The Hall–Kier alpha value is -7.63. The summed E-state index contributed by atoms with van der Waals surface area (Å²) in [5, 5.41) is 4.71. The molecule has 0 saturated heterocycles. The van der Waals surface area contributed by atoms with E-state index < -0.39 is 0 Å². The molecule has 8 aromatic carbocycles. The van der Waals surface area contributed by atoms with Crippen molar-refractivity contribution in [3.63, 3.8) is 0 Å². The number of rotatable bonds is 6. The average molecular weight is 840 g/mol. The van der Waals surface area contributed by atoms with E-state index >= 15 is 0 Å². The van der Waals surface area contributed by atoms with Crippen molar-refractivity contribution in [2.75, 3.05) is 0 Å². The Bertz CT molecular complexity index is 3630. The van der Waals surface area contributed by atoms with E-state index in [1.807, 2.05) is 24.3 Å². The highest BCUT2D eigenvalue weighted by atomic mass is 15.2. The van der Waals surface area contributed by atoms with Crippen molar-refractivity contribution in [3.05, 3.63) is 199 Å². The predicted molar refractivity (Wildman–Crippen MR) is 270 cm³/mol. The van der Waals surface area contributed by atoms with E-state index in [-0.39, 0.29) is 10.8 Å². The van der Waals surface area contributed by atoms with Gasteiger partial charge in [-0.3, -0.25) is 4.57 Å². The Labute approximate surface area is 379 Å². The minimum atomic E-state index is 0.108. The van der Waals surface area contributed by atoms with E-state index in [4.69, 9.17) is 15.0 Å². The highest BCUT2D eigenvalue weighted by Crippen LogP contribution is 2.50. The lowest BCUT2D eigenvalue weighted by Gasteiger charge is -2.46. The lowest BCUT2D eigenvalue weighted by molar-refractivity contribution is 0.233. The number of hydrogen-bond donors (Lipinski definition) is 0. The van der Waals surface area contributed by atoms with Crippen molar-refractivity contribution in [1.82, 2.24) is 24.1 Å². The molecule has 3 aromatic heterocycles. The van der Waals surface area contributed by atoms with E-state index in [2.05, 4.69) is 208 Å². The molecule has 1 atom stereocenters. The fourth-order valence-electron chi connectivity index (χ4n) is 10.7. The van der Waals surface area contributed by atoms with Crippen LogP contribution in [0, 0.1) is 5.92 Å². The third-order valence-corrected chi connectivity index (χ3v) is 14.5. The summed E-state index contributed by atoms with van der Waals surface area (Å²) in [6.07, 6.45) is 1.20. The molecule has 0 bridgehead atoms. The first-order valence-electron chi connectivity index (χ1n) is 22.8. The maximum absolute atomic E-state index is 5.33. The van der Waals surface area contributed by atoms with Crippen LogP contribution >= 0.6 is 0 Å². The molecule has 3 heterocycles. The van der Waals surface area contributed by atoms with E-state index in [9.17, 15) is 0 Å². The normalized spacial score (nSPS) is 15.5. The van der Waals surface area contributed by atoms with Gasteiger partial charge in [0.15, 0.2) is 11.6 Å². The van der Waals surface area contributed by atoms with Crippen LogP contribution in [0.25, 0.3) is 100 Å². The van der Waals surface area contributed by atoms with E-state index in [1.54, 1.807) is 0 Å². The Morgan fingerprint density at radius 2 is 0.923 bits per heavy atom. The van der Waals surface area contributed by atoms with Gasteiger partial charge in [-0.15, -0.1) is 0 Å². The SMILES string of the molecule is CC1CC(C)(C)c2ccc(-c3ccc(-n4c5ccccc5c5cc6c7ccccc7n(-c7nc(-c8ccccc8)nc(-c8cccc(-c9ccccc9)c8)n7)c6cc54)cc3)cc2C1(C)C. The van der Waals surface area contributed by atoms with Crippen molar-refractivity contribution in [2.45, 2.75) is 51.9 Å². The summed E-state index contributed by atoms with van der Waals surface area (Å²) in [5.41, 5.74) is 15.3. The third kappa shape index (κ3) is 6.32. The van der Waals surface area contributed by atoms with Gasteiger partial charge in [0.25, 0.3) is 0 Å². The van der Waals surface area contributed by atoms with Crippen LogP contribution in [0.2, 0.25) is 0 Å². The van der Waals surface area contributed by atoms with Crippen LogP contribution in [0.1, 0.15) is 52.2 Å². The third-order valence-electron chi connectivity index (χ3n) is 14.5. The summed E-state index contributed by atoms with van der Waals surface area (Å²) >= 11 is 0. The summed E-state index contributed by atoms with van der Waals surface area (Å²) in [6.45, 7) is 12.1. The topological polar surface area (TPSA) is 48.5 Å². The van der Waals surface area contributed by atoms with Crippen LogP contribution < -0.4 is 0 Å². The summed E-state index contributed by atoms with van der Waals surface area (Å²) in [7, 11) is 0. The molecule has 0 amide bonds. The highest BCUT2D eigenvalue weighted by molar-refractivity contribution is 6.19. The lowest BCUT2D eigenvalue weighted by Crippen LogP contribution is -2.40. The second-order valence-corrected chi connectivity index (χ2v) is 19.2. The maximum Gasteiger partial charge on any atom is 0.238 e. The van der Waals surface area contributed by atoms with Gasteiger partial charge in [0.2, 0.25) is 5.95 Å². The minimum Gasteiger partial charge on any atom is -0.309 e. The zero-order valence-electron chi connectivity index (χ0n) is 37.4. The number of hydrogen-bond acceptors (Lipinski definition) is 3. The Kier molecular flexibility index (Phi) is 8.83. The van der Waals surface area contributed by atoms with Crippen LogP contribution in [0.15, 0.2) is 188 Å². The van der Waals surface area contributed by atoms with Crippen molar-refractivity contribution in [1.29, 1.82) is 0 Å². The first kappa shape index (κ1) is 39.0. The van der Waals surface area contributed by atoms with Crippen LogP contribution in [-0.4, -0.2) is 24.1 Å². The smallest absolute Gasteiger partial charge is 0.238 e. The molecule has 1 aliphatic carbocycles. The molecule has 65 heavy (non-hydrogen) atoms. The summed E-state index contributed by atoms with van der Waals surface area (Å²) in [6, 6.07) is 67.6. The Morgan fingerprint density at radius 1 is 0.400 bits per heavy atom. The second kappa shape index (κ2) is 14.7. The predicted octanol–water partition coefficient (Wildman–Crippen LogP) is 15.3. The van der Waals surface area contributed by atoms with Crippen LogP contribution in [0.3, 0.4) is 0 Å².